The van der Waals surface area contributed by atoms with Crippen molar-refractivity contribution in [3.63, 3.8) is 0 Å². The lowest BCUT2D eigenvalue weighted by molar-refractivity contribution is -0.127. The molecule has 2 rings (SSSR count). The Morgan fingerprint density at radius 1 is 1.15 bits per heavy atom. The number of hydrogen-bond acceptors (Lipinski definition) is 6. The van der Waals surface area contributed by atoms with Crippen LogP contribution in [0, 0.1) is 0 Å². The number of carbonyl (C=O) groups is 2. The average molecular weight is 397 g/mol. The Hall–Kier alpha value is -2.13. The van der Waals surface area contributed by atoms with Crippen molar-refractivity contribution in [2.75, 3.05) is 13.1 Å². The first kappa shape index (κ1) is 21.2. The molecule has 8 nitrogen and oxygen atoms in total. The summed E-state index contributed by atoms with van der Waals surface area (Å²) in [7, 11) is -3.90. The van der Waals surface area contributed by atoms with Gasteiger partial charge in [-0.1, -0.05) is 30.3 Å². The topological polar surface area (TPSA) is 114 Å². The molecule has 0 aromatic heterocycles. The zero-order valence-electron chi connectivity index (χ0n) is 15.9. The third kappa shape index (κ3) is 6.51. The number of hydrogen-bond donors (Lipinski definition) is 3. The fourth-order valence-corrected chi connectivity index (χ4v) is 4.01. The molecule has 1 aliphatic rings. The molecule has 1 heterocycles. The molecule has 0 atom stereocenters. The van der Waals surface area contributed by atoms with E-state index in [0.29, 0.717) is 18.7 Å². The van der Waals surface area contributed by atoms with Gasteiger partial charge >= 0.3 is 6.09 Å². The van der Waals surface area contributed by atoms with Crippen molar-refractivity contribution in [3.8, 4) is 0 Å². The van der Waals surface area contributed by atoms with Gasteiger partial charge in [0.25, 0.3) is 5.91 Å². The van der Waals surface area contributed by atoms with E-state index in [1.807, 2.05) is 0 Å². The zero-order valence-corrected chi connectivity index (χ0v) is 16.7. The summed E-state index contributed by atoms with van der Waals surface area (Å²) in [6.07, 6.45) is -0.224. The number of benzene rings is 1. The summed E-state index contributed by atoms with van der Waals surface area (Å²) < 4.78 is 32.2. The predicted molar refractivity (Wildman–Crippen MR) is 101 cm³/mol. The van der Waals surface area contributed by atoms with E-state index >= 15 is 0 Å². The minimum Gasteiger partial charge on any atom is -0.444 e. The summed E-state index contributed by atoms with van der Waals surface area (Å²) in [5.41, 5.74) is -1.50. The molecule has 2 amide bonds. The molecule has 0 spiro atoms. The Labute approximate surface area is 160 Å². The Bertz CT molecular complexity index is 766. The van der Waals surface area contributed by atoms with E-state index in [4.69, 9.17) is 4.74 Å². The highest BCUT2D eigenvalue weighted by atomic mass is 32.2. The van der Waals surface area contributed by atoms with E-state index in [1.165, 1.54) is 0 Å². The molecule has 3 N–H and O–H groups in total. The Morgan fingerprint density at radius 3 is 2.30 bits per heavy atom. The second-order valence-corrected chi connectivity index (χ2v) is 9.36. The minimum absolute atomic E-state index is 0.263. The van der Waals surface area contributed by atoms with Gasteiger partial charge in [-0.05, 0) is 52.3 Å². The van der Waals surface area contributed by atoms with E-state index in [1.54, 1.807) is 51.1 Å². The van der Waals surface area contributed by atoms with E-state index in [0.717, 1.165) is 0 Å². The van der Waals surface area contributed by atoms with Crippen LogP contribution in [0.4, 0.5) is 4.79 Å². The van der Waals surface area contributed by atoms with Crippen LogP contribution in [0.3, 0.4) is 0 Å². The molecular weight excluding hydrogens is 370 g/mol. The van der Waals surface area contributed by atoms with Crippen LogP contribution in [-0.4, -0.2) is 44.6 Å². The molecule has 1 aliphatic heterocycles. The van der Waals surface area contributed by atoms with Crippen LogP contribution in [0.5, 0.6) is 0 Å². The van der Waals surface area contributed by atoms with Gasteiger partial charge in [0.1, 0.15) is 11.1 Å². The van der Waals surface area contributed by atoms with E-state index in [-0.39, 0.29) is 18.6 Å². The fourth-order valence-electron chi connectivity index (χ4n) is 2.83. The molecular formula is C18H27N3O5S. The van der Waals surface area contributed by atoms with E-state index < -0.39 is 33.2 Å². The first-order valence-corrected chi connectivity index (χ1v) is 10.5. The number of piperidine rings is 1. The predicted octanol–water partition coefficient (Wildman–Crippen LogP) is 1.28. The molecule has 0 unspecified atom stereocenters. The van der Waals surface area contributed by atoms with Gasteiger partial charge in [0, 0.05) is 0 Å². The smallest absolute Gasteiger partial charge is 0.408 e. The van der Waals surface area contributed by atoms with Gasteiger partial charge in [-0.2, -0.15) is 0 Å². The Kier molecular flexibility index (Phi) is 6.48. The van der Waals surface area contributed by atoms with Crippen LogP contribution in [0.15, 0.2) is 30.3 Å². The summed E-state index contributed by atoms with van der Waals surface area (Å²) in [6.45, 7) is 6.09. The molecule has 1 fully saturated rings. The van der Waals surface area contributed by atoms with Crippen LogP contribution < -0.4 is 15.4 Å². The Balaban J connectivity index is 2.13. The van der Waals surface area contributed by atoms with Crippen molar-refractivity contribution in [2.24, 2.45) is 0 Å². The third-order valence-corrected chi connectivity index (χ3v) is 5.29. The highest BCUT2D eigenvalue weighted by molar-refractivity contribution is 7.89. The summed E-state index contributed by atoms with van der Waals surface area (Å²) in [5, 5.41) is 5.69. The highest BCUT2D eigenvalue weighted by Crippen LogP contribution is 2.21. The maximum absolute atomic E-state index is 12.8. The standard InChI is InChI=1S/C18H27N3O5S/c1-17(2,3)26-16(23)20-18(9-11-19-12-10-18)15(22)21-27(24,25)13-14-7-5-4-6-8-14/h4-8,19H,9-13H2,1-3H3,(H,20,23)(H,21,22). The van der Waals surface area contributed by atoms with Crippen LogP contribution in [-0.2, 0) is 25.3 Å². The summed E-state index contributed by atoms with van der Waals surface area (Å²) in [5.74, 6) is -1.06. The van der Waals surface area contributed by atoms with Gasteiger partial charge in [0.15, 0.2) is 0 Å². The first-order chi connectivity index (χ1) is 12.5. The lowest BCUT2D eigenvalue weighted by Gasteiger charge is -2.37. The van der Waals surface area contributed by atoms with Gasteiger partial charge in [0.05, 0.1) is 5.75 Å². The van der Waals surface area contributed by atoms with Crippen molar-refractivity contribution in [1.82, 2.24) is 15.4 Å². The molecule has 0 saturated carbocycles. The second kappa shape index (κ2) is 8.26. The van der Waals surface area contributed by atoms with Crippen molar-refractivity contribution < 1.29 is 22.7 Å². The number of carbonyl (C=O) groups excluding carboxylic acids is 2. The molecule has 0 radical (unpaired) electrons. The molecule has 27 heavy (non-hydrogen) atoms. The van der Waals surface area contributed by atoms with Gasteiger partial charge in [0.2, 0.25) is 10.0 Å². The SMILES string of the molecule is CC(C)(C)OC(=O)NC1(C(=O)NS(=O)(=O)Cc2ccccc2)CCNCC1. The third-order valence-electron chi connectivity index (χ3n) is 4.08. The van der Waals surface area contributed by atoms with Crippen LogP contribution >= 0.6 is 0 Å². The maximum atomic E-state index is 12.8. The summed E-state index contributed by atoms with van der Waals surface area (Å²) >= 11 is 0. The van der Waals surface area contributed by atoms with Gasteiger partial charge < -0.3 is 15.4 Å². The van der Waals surface area contributed by atoms with Crippen molar-refractivity contribution in [1.29, 1.82) is 0 Å². The van der Waals surface area contributed by atoms with Crippen LogP contribution in [0.1, 0.15) is 39.2 Å². The fraction of sp³-hybridized carbons (Fsp3) is 0.556. The summed E-state index contributed by atoms with van der Waals surface area (Å²) in [4.78, 5) is 25.0. The lowest BCUT2D eigenvalue weighted by Crippen LogP contribution is -2.64. The second-order valence-electron chi connectivity index (χ2n) is 7.63. The maximum Gasteiger partial charge on any atom is 0.408 e. The molecule has 1 aromatic rings. The largest absolute Gasteiger partial charge is 0.444 e. The number of rotatable bonds is 5. The zero-order chi connectivity index (χ0) is 20.1. The molecule has 150 valence electrons. The number of amides is 2. The van der Waals surface area contributed by atoms with Crippen LogP contribution in [0.2, 0.25) is 0 Å². The molecule has 9 heteroatoms. The Morgan fingerprint density at radius 2 is 1.74 bits per heavy atom. The number of nitrogens with one attached hydrogen (secondary N) is 3. The molecule has 0 aliphatic carbocycles. The summed E-state index contributed by atoms with van der Waals surface area (Å²) in [6, 6.07) is 8.57. The molecule has 0 bridgehead atoms. The van der Waals surface area contributed by atoms with E-state index in [2.05, 4.69) is 15.4 Å². The molecule has 1 aromatic carbocycles. The van der Waals surface area contributed by atoms with Crippen LogP contribution in [0.25, 0.3) is 0 Å². The quantitative estimate of drug-likeness (QED) is 0.690. The van der Waals surface area contributed by atoms with Crippen molar-refractivity contribution in [2.45, 2.75) is 50.5 Å². The average Bonchev–Trinajstić information content (AvgIpc) is 2.53. The van der Waals surface area contributed by atoms with Gasteiger partial charge in [-0.3, -0.25) is 9.52 Å². The van der Waals surface area contributed by atoms with Crippen molar-refractivity contribution >= 4 is 22.0 Å². The van der Waals surface area contributed by atoms with Crippen molar-refractivity contribution in [3.05, 3.63) is 35.9 Å². The van der Waals surface area contributed by atoms with Gasteiger partial charge in [-0.25, -0.2) is 13.2 Å². The van der Waals surface area contributed by atoms with E-state index in [9.17, 15) is 18.0 Å². The highest BCUT2D eigenvalue weighted by Gasteiger charge is 2.43. The first-order valence-electron chi connectivity index (χ1n) is 8.82. The lowest BCUT2D eigenvalue weighted by atomic mass is 9.88. The normalized spacial score (nSPS) is 17.0. The monoisotopic (exact) mass is 397 g/mol. The van der Waals surface area contributed by atoms with Gasteiger partial charge in [-0.15, -0.1) is 0 Å². The number of alkyl carbamates (subject to hydrolysis) is 1. The number of ether oxygens (including phenoxy) is 1. The minimum atomic E-state index is -3.90. The molecule has 1 saturated heterocycles. The number of sulfonamides is 1.